The van der Waals surface area contributed by atoms with E-state index in [4.69, 9.17) is 16.4 Å². The van der Waals surface area contributed by atoms with Gasteiger partial charge in [-0.2, -0.15) is 0 Å². The Morgan fingerprint density at radius 3 is 2.46 bits per heavy atom. The molecule has 1 aliphatic rings. The molecule has 1 saturated heterocycles. The molecule has 9 nitrogen and oxygen atoms in total. The summed E-state index contributed by atoms with van der Waals surface area (Å²) in [6.07, 6.45) is 0. The van der Waals surface area contributed by atoms with Crippen LogP contribution in [0.3, 0.4) is 0 Å². The molecule has 0 radical (unpaired) electrons. The number of carboxylic acid groups (broad SMARTS) is 1. The molecule has 2 aromatic rings. The van der Waals surface area contributed by atoms with Crippen LogP contribution in [0, 0.1) is 5.82 Å². The summed E-state index contributed by atoms with van der Waals surface area (Å²) in [4.78, 5) is 32.9. The van der Waals surface area contributed by atoms with Gasteiger partial charge in [-0.1, -0.05) is 34.3 Å². The summed E-state index contributed by atoms with van der Waals surface area (Å²) in [7, 11) is -4.38. The minimum absolute atomic E-state index is 0.0227. The van der Waals surface area contributed by atoms with Crippen molar-refractivity contribution in [3.05, 3.63) is 64.9 Å². The van der Waals surface area contributed by atoms with E-state index in [-0.39, 0.29) is 32.3 Å². The highest BCUT2D eigenvalue weighted by Gasteiger charge is 2.34. The molecule has 0 aliphatic carbocycles. The Labute approximate surface area is 208 Å². The van der Waals surface area contributed by atoms with Crippen molar-refractivity contribution >= 4 is 33.5 Å². The number of carbonyl (C=O) groups excluding carboxylic acids is 1. The maximum Gasteiger partial charge on any atom is 0.321 e. The largest absolute Gasteiger partial charge is 0.480 e. The molecule has 0 aromatic heterocycles. The van der Waals surface area contributed by atoms with Gasteiger partial charge >= 0.3 is 5.97 Å². The van der Waals surface area contributed by atoms with Gasteiger partial charge in [-0.25, -0.2) is 12.8 Å². The molecular formula is C23H27ClFN3O6S. The summed E-state index contributed by atoms with van der Waals surface area (Å²) in [6, 6.07) is 11.3. The van der Waals surface area contributed by atoms with Gasteiger partial charge in [0.1, 0.15) is 19.0 Å². The second-order valence-electron chi connectivity index (χ2n) is 8.39. The minimum atomic E-state index is -4.38. The van der Waals surface area contributed by atoms with Crippen LogP contribution in [0.15, 0.2) is 53.4 Å². The second kappa shape index (κ2) is 11.4. The first-order chi connectivity index (χ1) is 16.5. The molecule has 0 saturated carbocycles. The molecule has 1 amide bonds. The predicted octanol–water partition coefficient (Wildman–Crippen LogP) is 2.61. The van der Waals surface area contributed by atoms with Crippen LogP contribution >= 0.6 is 11.6 Å². The number of hydroxylamine groups is 1. The molecule has 1 heterocycles. The van der Waals surface area contributed by atoms with Crippen LogP contribution in [0.4, 0.5) is 4.39 Å². The van der Waals surface area contributed by atoms with Gasteiger partial charge in [0.15, 0.2) is 0 Å². The number of aliphatic carboxylic acids is 1. The van der Waals surface area contributed by atoms with Gasteiger partial charge in [0.2, 0.25) is 0 Å². The van der Waals surface area contributed by atoms with Gasteiger partial charge in [-0.3, -0.25) is 19.3 Å². The van der Waals surface area contributed by atoms with E-state index in [1.807, 2.05) is 13.8 Å². The Morgan fingerprint density at radius 1 is 1.14 bits per heavy atom. The maximum absolute atomic E-state index is 13.2. The van der Waals surface area contributed by atoms with Crippen LogP contribution in [0.5, 0.6) is 0 Å². The van der Waals surface area contributed by atoms with Crippen molar-refractivity contribution < 1.29 is 32.3 Å². The van der Waals surface area contributed by atoms with Crippen molar-refractivity contribution in [1.82, 2.24) is 14.3 Å². The van der Waals surface area contributed by atoms with Crippen LogP contribution in [-0.2, 0) is 31.0 Å². The molecule has 12 heteroatoms. The molecule has 2 aromatic carbocycles. The zero-order valence-electron chi connectivity index (χ0n) is 19.3. The summed E-state index contributed by atoms with van der Waals surface area (Å²) in [5, 5.41) is 9.32. The van der Waals surface area contributed by atoms with Gasteiger partial charge in [0.05, 0.1) is 4.90 Å². The van der Waals surface area contributed by atoms with E-state index >= 15 is 0 Å². The second-order valence-corrected chi connectivity index (χ2v) is 10.7. The van der Waals surface area contributed by atoms with E-state index < -0.39 is 35.1 Å². The normalized spacial score (nSPS) is 19.2. The van der Waals surface area contributed by atoms with E-state index in [1.54, 1.807) is 17.0 Å². The number of halogens is 2. The fraction of sp³-hybridized carbons (Fsp3) is 0.391. The SMILES string of the molecule is C[C@@H]1CN(Cc2ccc(F)cc2)[C@@H](C)CN1C(=O)CON(CC(=O)O)S(=O)(=O)c1cccc(Cl)c1. The molecule has 1 aliphatic heterocycles. The number of benzene rings is 2. The topological polar surface area (TPSA) is 107 Å². The molecule has 1 N–H and O–H groups in total. The quantitative estimate of drug-likeness (QED) is 0.499. The molecule has 2 atom stereocenters. The molecule has 3 rings (SSSR count). The Hall–Kier alpha value is -2.57. The summed E-state index contributed by atoms with van der Waals surface area (Å²) >= 11 is 5.87. The van der Waals surface area contributed by atoms with Gasteiger partial charge in [-0.05, 0) is 49.7 Å². The Balaban J connectivity index is 1.65. The molecular weight excluding hydrogens is 501 g/mol. The van der Waals surface area contributed by atoms with E-state index in [9.17, 15) is 27.5 Å². The Bertz CT molecular complexity index is 1160. The highest BCUT2D eigenvalue weighted by molar-refractivity contribution is 7.89. The van der Waals surface area contributed by atoms with Crippen LogP contribution in [0.2, 0.25) is 5.02 Å². The highest BCUT2D eigenvalue weighted by atomic mass is 35.5. The Morgan fingerprint density at radius 2 is 1.83 bits per heavy atom. The van der Waals surface area contributed by atoms with Crippen molar-refractivity contribution in [1.29, 1.82) is 0 Å². The van der Waals surface area contributed by atoms with Crippen molar-refractivity contribution in [3.8, 4) is 0 Å². The number of hydrogen-bond donors (Lipinski definition) is 1. The third-order valence-electron chi connectivity index (χ3n) is 5.69. The lowest BCUT2D eigenvalue weighted by Crippen LogP contribution is -2.58. The summed E-state index contributed by atoms with van der Waals surface area (Å²) < 4.78 is 39.2. The zero-order valence-corrected chi connectivity index (χ0v) is 20.9. The third kappa shape index (κ3) is 6.98. The number of amides is 1. The third-order valence-corrected chi connectivity index (χ3v) is 7.55. The molecule has 0 unspecified atom stereocenters. The summed E-state index contributed by atoms with van der Waals surface area (Å²) in [5.74, 6) is -2.22. The number of piperazine rings is 1. The maximum atomic E-state index is 13.2. The average molecular weight is 528 g/mol. The van der Waals surface area contributed by atoms with Crippen LogP contribution in [0.1, 0.15) is 19.4 Å². The first kappa shape index (κ1) is 27.0. The number of sulfonamides is 1. The predicted molar refractivity (Wildman–Crippen MR) is 126 cm³/mol. The average Bonchev–Trinajstić information content (AvgIpc) is 2.79. The first-order valence-electron chi connectivity index (χ1n) is 10.9. The minimum Gasteiger partial charge on any atom is -0.480 e. The zero-order chi connectivity index (χ0) is 25.8. The molecule has 0 spiro atoms. The van der Waals surface area contributed by atoms with Crippen molar-refractivity contribution in [2.24, 2.45) is 0 Å². The number of rotatable bonds is 9. The number of carboxylic acids is 1. The summed E-state index contributed by atoms with van der Waals surface area (Å²) in [5.41, 5.74) is 0.948. The van der Waals surface area contributed by atoms with E-state index in [0.717, 1.165) is 5.56 Å². The van der Waals surface area contributed by atoms with E-state index in [1.165, 1.54) is 36.4 Å². The van der Waals surface area contributed by atoms with Crippen molar-refractivity contribution in [2.45, 2.75) is 37.4 Å². The first-order valence-corrected chi connectivity index (χ1v) is 12.7. The van der Waals surface area contributed by atoms with Crippen LogP contribution in [-0.4, -0.2) is 78.0 Å². The fourth-order valence-electron chi connectivity index (χ4n) is 3.86. The lowest BCUT2D eigenvalue weighted by Gasteiger charge is -2.44. The van der Waals surface area contributed by atoms with Crippen molar-refractivity contribution in [2.75, 3.05) is 26.2 Å². The monoisotopic (exact) mass is 527 g/mol. The fourth-order valence-corrected chi connectivity index (χ4v) is 5.34. The lowest BCUT2D eigenvalue weighted by molar-refractivity contribution is -0.163. The van der Waals surface area contributed by atoms with Gasteiger partial charge < -0.3 is 10.0 Å². The molecule has 1 fully saturated rings. The van der Waals surface area contributed by atoms with Crippen LogP contribution in [0.25, 0.3) is 0 Å². The van der Waals surface area contributed by atoms with Gasteiger partial charge in [0.25, 0.3) is 15.9 Å². The smallest absolute Gasteiger partial charge is 0.321 e. The lowest BCUT2D eigenvalue weighted by atomic mass is 10.1. The molecule has 0 bridgehead atoms. The Kier molecular flexibility index (Phi) is 8.84. The number of hydrogen-bond acceptors (Lipinski definition) is 6. The van der Waals surface area contributed by atoms with Crippen molar-refractivity contribution in [3.63, 3.8) is 0 Å². The number of nitrogens with zero attached hydrogens (tertiary/aromatic N) is 3. The molecule has 35 heavy (non-hydrogen) atoms. The van der Waals surface area contributed by atoms with Crippen LogP contribution < -0.4 is 0 Å². The van der Waals surface area contributed by atoms with E-state index in [0.29, 0.717) is 19.6 Å². The highest BCUT2D eigenvalue weighted by Crippen LogP contribution is 2.21. The van der Waals surface area contributed by atoms with Gasteiger partial charge in [0, 0.05) is 36.7 Å². The van der Waals surface area contributed by atoms with E-state index in [2.05, 4.69) is 4.90 Å². The number of carbonyl (C=O) groups is 2. The standard InChI is InChI=1S/C23H27ClFN3O6S/c1-16-12-27(17(2)11-26(16)13-18-6-8-20(25)9-7-18)22(29)15-34-28(14-23(30)31)35(32,33)21-5-3-4-19(24)10-21/h3-10,16-17H,11-15H2,1-2H3,(H,30,31)/t16-,17+/m0/s1. The summed E-state index contributed by atoms with van der Waals surface area (Å²) in [6.45, 7) is 3.68. The molecule has 190 valence electrons. The van der Waals surface area contributed by atoms with Gasteiger partial charge in [-0.15, -0.1) is 0 Å².